The first kappa shape index (κ1) is 28.8. The predicted octanol–water partition coefficient (Wildman–Crippen LogP) is 6.48. The summed E-state index contributed by atoms with van der Waals surface area (Å²) in [6.45, 7) is 5.76. The summed E-state index contributed by atoms with van der Waals surface area (Å²) in [5, 5.41) is 8.47. The number of alkyl carbamates (subject to hydrolysis) is 1. The zero-order chi connectivity index (χ0) is 29.9. The average molecular weight is 565 g/mol. The standard InChI is InChI=1S/C34H36N4O4/c1-22-20-30(38(35)36-21-22)31(37-33(40)42-24(3)26-8-6-5-7-9-26)23(2)25-10-12-27(13-11-25)28-14-16-29(17-15-28)34(18-19-34)32(39)41-4/h5-17,20-21,23-24H,18-19,35H2,1-4H3,(H,37,40)/b31-30+/t23?,24-/m1/s1. The van der Waals surface area contributed by atoms with Gasteiger partial charge in [-0.05, 0) is 66.2 Å². The number of methoxy groups -OCH3 is 1. The number of carbonyl (C=O) groups excluding carboxylic acids is 2. The van der Waals surface area contributed by atoms with E-state index >= 15 is 0 Å². The lowest BCUT2D eigenvalue weighted by molar-refractivity contribution is -0.143. The zero-order valence-corrected chi connectivity index (χ0v) is 24.3. The fraction of sp³-hybridized carbons (Fsp3) is 0.265. The SMILES string of the molecule is COC(=O)C1(c2ccc(-c3ccc(C(C)/C(NC(=O)O[C@H](C)c4ccccc4)=C4/C=C(C)C=NN4N)cc3)cc2)CC1. The third-order valence-corrected chi connectivity index (χ3v) is 8.00. The van der Waals surface area contributed by atoms with Gasteiger partial charge in [0, 0.05) is 5.92 Å². The van der Waals surface area contributed by atoms with Gasteiger partial charge < -0.3 is 9.47 Å². The largest absolute Gasteiger partial charge is 0.468 e. The smallest absolute Gasteiger partial charge is 0.412 e. The van der Waals surface area contributed by atoms with Gasteiger partial charge in [-0.15, -0.1) is 0 Å². The molecule has 0 radical (unpaired) electrons. The van der Waals surface area contributed by atoms with Gasteiger partial charge in [-0.1, -0.05) is 85.8 Å². The molecule has 3 aromatic carbocycles. The monoisotopic (exact) mass is 564 g/mol. The summed E-state index contributed by atoms with van der Waals surface area (Å²) in [6.07, 6.45) is 4.17. The van der Waals surface area contributed by atoms with Crippen LogP contribution < -0.4 is 11.2 Å². The molecular formula is C34H36N4O4. The Bertz CT molecular complexity index is 1540. The molecule has 1 aliphatic carbocycles. The summed E-state index contributed by atoms with van der Waals surface area (Å²) in [5.41, 5.74) is 6.52. The van der Waals surface area contributed by atoms with Crippen molar-refractivity contribution < 1.29 is 19.1 Å². The van der Waals surface area contributed by atoms with Gasteiger partial charge in [0.25, 0.3) is 0 Å². The lowest BCUT2D eigenvalue weighted by atomic mass is 9.91. The maximum absolute atomic E-state index is 13.1. The quantitative estimate of drug-likeness (QED) is 0.240. The van der Waals surface area contributed by atoms with Crippen molar-refractivity contribution in [3.05, 3.63) is 119 Å². The Morgan fingerprint density at radius 3 is 2.14 bits per heavy atom. The number of hydrogen-bond donors (Lipinski definition) is 2. The van der Waals surface area contributed by atoms with Gasteiger partial charge in [-0.3, -0.25) is 10.1 Å². The molecule has 3 N–H and O–H groups in total. The van der Waals surface area contributed by atoms with Crippen molar-refractivity contribution in [3.8, 4) is 11.1 Å². The number of carbonyl (C=O) groups is 2. The highest BCUT2D eigenvalue weighted by Gasteiger charge is 2.52. The second-order valence-corrected chi connectivity index (χ2v) is 10.9. The molecule has 8 heteroatoms. The number of rotatable bonds is 8. The Morgan fingerprint density at radius 2 is 1.55 bits per heavy atom. The molecular weight excluding hydrogens is 528 g/mol. The molecule has 1 heterocycles. The van der Waals surface area contributed by atoms with Gasteiger partial charge in [0.05, 0.1) is 30.1 Å². The number of benzene rings is 3. The molecule has 1 unspecified atom stereocenters. The molecule has 42 heavy (non-hydrogen) atoms. The molecule has 0 saturated heterocycles. The van der Waals surface area contributed by atoms with Crippen molar-refractivity contribution in [1.29, 1.82) is 0 Å². The van der Waals surface area contributed by atoms with Crippen LogP contribution >= 0.6 is 0 Å². The Hall–Kier alpha value is -4.69. The van der Waals surface area contributed by atoms with Crippen molar-refractivity contribution in [2.75, 3.05) is 7.11 Å². The average Bonchev–Trinajstić information content (AvgIpc) is 3.83. The Balaban J connectivity index is 1.37. The van der Waals surface area contributed by atoms with E-state index in [1.165, 1.54) is 12.2 Å². The van der Waals surface area contributed by atoms with Crippen LogP contribution in [-0.2, 0) is 19.7 Å². The highest BCUT2D eigenvalue weighted by atomic mass is 16.6. The third-order valence-electron chi connectivity index (χ3n) is 8.00. The molecule has 0 aromatic heterocycles. The van der Waals surface area contributed by atoms with E-state index in [-0.39, 0.29) is 11.9 Å². The molecule has 216 valence electrons. The van der Waals surface area contributed by atoms with Crippen molar-refractivity contribution in [3.63, 3.8) is 0 Å². The third kappa shape index (κ3) is 5.99. The van der Waals surface area contributed by atoms with Crippen LogP contribution in [0.15, 0.2) is 107 Å². The first-order valence-corrected chi connectivity index (χ1v) is 14.0. The van der Waals surface area contributed by atoms with E-state index in [1.807, 2.05) is 106 Å². The van der Waals surface area contributed by atoms with Gasteiger partial charge in [-0.2, -0.15) is 10.2 Å². The number of esters is 1. The summed E-state index contributed by atoms with van der Waals surface area (Å²) in [7, 11) is 1.44. The molecule has 5 rings (SSSR count). The van der Waals surface area contributed by atoms with Crippen molar-refractivity contribution in [2.24, 2.45) is 10.9 Å². The van der Waals surface area contributed by atoms with E-state index < -0.39 is 17.6 Å². The number of hydrazone groups is 1. The lowest BCUT2D eigenvalue weighted by Crippen LogP contribution is -2.34. The molecule has 1 amide bonds. The zero-order valence-electron chi connectivity index (χ0n) is 24.3. The minimum Gasteiger partial charge on any atom is -0.468 e. The fourth-order valence-electron chi connectivity index (χ4n) is 5.27. The second-order valence-electron chi connectivity index (χ2n) is 10.9. The van der Waals surface area contributed by atoms with Crippen molar-refractivity contribution in [1.82, 2.24) is 10.4 Å². The molecule has 1 aliphatic heterocycles. The van der Waals surface area contributed by atoms with E-state index in [4.69, 9.17) is 15.3 Å². The Morgan fingerprint density at radius 1 is 0.929 bits per heavy atom. The normalized spacial score (nSPS) is 17.9. The van der Waals surface area contributed by atoms with Gasteiger partial charge in [0.15, 0.2) is 0 Å². The summed E-state index contributed by atoms with van der Waals surface area (Å²) >= 11 is 0. The van der Waals surface area contributed by atoms with E-state index in [2.05, 4.69) is 10.4 Å². The first-order valence-electron chi connectivity index (χ1n) is 14.0. The van der Waals surface area contributed by atoms with E-state index in [0.717, 1.165) is 46.2 Å². The fourth-order valence-corrected chi connectivity index (χ4v) is 5.27. The van der Waals surface area contributed by atoms with Crippen molar-refractivity contribution >= 4 is 18.3 Å². The number of nitrogens with two attached hydrogens (primary N) is 1. The number of hydrogen-bond acceptors (Lipinski definition) is 7. The van der Waals surface area contributed by atoms with E-state index in [1.54, 1.807) is 6.21 Å². The summed E-state index contributed by atoms with van der Waals surface area (Å²) in [4.78, 5) is 25.4. The molecule has 1 saturated carbocycles. The second kappa shape index (κ2) is 12.0. The van der Waals surface area contributed by atoms with Crippen LogP contribution in [0, 0.1) is 0 Å². The molecule has 0 bridgehead atoms. The molecule has 0 spiro atoms. The maximum Gasteiger partial charge on any atom is 0.412 e. The van der Waals surface area contributed by atoms with Gasteiger partial charge >= 0.3 is 12.1 Å². The van der Waals surface area contributed by atoms with Crippen LogP contribution in [0.25, 0.3) is 11.1 Å². The summed E-state index contributed by atoms with van der Waals surface area (Å²) in [6, 6.07) is 25.8. The van der Waals surface area contributed by atoms with Crippen LogP contribution in [0.5, 0.6) is 0 Å². The number of ether oxygens (including phenoxy) is 2. The highest BCUT2D eigenvalue weighted by Crippen LogP contribution is 2.49. The highest BCUT2D eigenvalue weighted by molar-refractivity contribution is 5.86. The molecule has 1 fully saturated rings. The minimum absolute atomic E-state index is 0.171. The van der Waals surface area contributed by atoms with Crippen molar-refractivity contribution in [2.45, 2.75) is 51.0 Å². The molecule has 3 aromatic rings. The van der Waals surface area contributed by atoms with Crippen LogP contribution in [0.2, 0.25) is 0 Å². The van der Waals surface area contributed by atoms with E-state index in [9.17, 15) is 9.59 Å². The number of nitrogens with one attached hydrogen (secondary N) is 1. The Kier molecular flexibility index (Phi) is 8.27. The van der Waals surface area contributed by atoms with Crippen LogP contribution in [0.3, 0.4) is 0 Å². The van der Waals surface area contributed by atoms with Gasteiger partial charge in [-0.25, -0.2) is 10.6 Å². The summed E-state index contributed by atoms with van der Waals surface area (Å²) < 4.78 is 10.7. The number of amides is 1. The minimum atomic E-state index is -0.577. The maximum atomic E-state index is 13.1. The summed E-state index contributed by atoms with van der Waals surface area (Å²) in [5.74, 6) is 5.80. The molecule has 2 atom stereocenters. The first-order chi connectivity index (χ1) is 20.2. The lowest BCUT2D eigenvalue weighted by Gasteiger charge is -2.26. The molecule has 2 aliphatic rings. The van der Waals surface area contributed by atoms with Gasteiger partial charge in [0.2, 0.25) is 0 Å². The molecule has 8 nitrogen and oxygen atoms in total. The van der Waals surface area contributed by atoms with Gasteiger partial charge in [0.1, 0.15) is 6.10 Å². The number of allylic oxidation sites excluding steroid dienone is 3. The topological polar surface area (TPSA) is 106 Å². The predicted molar refractivity (Wildman–Crippen MR) is 163 cm³/mol. The van der Waals surface area contributed by atoms with Crippen LogP contribution in [0.1, 0.15) is 62.3 Å². The Labute approximate surface area is 246 Å². The number of nitrogens with zero attached hydrogens (tertiary/aromatic N) is 2. The number of hydrazine groups is 1. The van der Waals surface area contributed by atoms with E-state index in [0.29, 0.717) is 11.4 Å². The van der Waals surface area contributed by atoms with Crippen LogP contribution in [-0.4, -0.2) is 30.5 Å². The van der Waals surface area contributed by atoms with Crippen LogP contribution in [0.4, 0.5) is 4.79 Å².